The van der Waals surface area contributed by atoms with Gasteiger partial charge >= 0.3 is 6.18 Å². The summed E-state index contributed by atoms with van der Waals surface area (Å²) in [5, 5.41) is 6.37. The molecule has 4 heterocycles. The summed E-state index contributed by atoms with van der Waals surface area (Å²) in [7, 11) is 2.18. The van der Waals surface area contributed by atoms with Crippen molar-refractivity contribution in [2.75, 3.05) is 82.0 Å². The van der Waals surface area contributed by atoms with Gasteiger partial charge in [0.2, 0.25) is 5.95 Å². The number of piperazine rings is 1. The maximum atomic E-state index is 14.0. The van der Waals surface area contributed by atoms with Crippen molar-refractivity contribution in [3.05, 3.63) is 35.5 Å². The average Bonchev–Trinajstić information content (AvgIpc) is 3.87. The highest BCUT2D eigenvalue weighted by Gasteiger charge is 2.37. The molecule has 9 nitrogen and oxygen atoms in total. The van der Waals surface area contributed by atoms with Crippen LogP contribution in [0.25, 0.3) is 0 Å². The number of piperidine rings is 2. The number of likely N-dealkylation sites (N-methyl/N-ethyl adjacent to an activating group) is 1. The molecule has 6 rings (SSSR count). The van der Waals surface area contributed by atoms with E-state index in [0.717, 1.165) is 96.2 Å². The fourth-order valence-electron chi connectivity index (χ4n) is 6.76. The first-order chi connectivity index (χ1) is 21.5. The van der Waals surface area contributed by atoms with Crippen LogP contribution < -0.4 is 20.3 Å². The quantitative estimate of drug-likeness (QED) is 0.168. The second-order valence-electron chi connectivity index (χ2n) is 12.8. The summed E-state index contributed by atoms with van der Waals surface area (Å²) in [6.07, 6.45) is 2.38. The third-order valence-corrected chi connectivity index (χ3v) is 13.7. The molecule has 1 atom stereocenters. The van der Waals surface area contributed by atoms with E-state index < -0.39 is 20.2 Å². The number of alkyl halides is 3. The molecule has 3 aliphatic heterocycles. The Morgan fingerprint density at radius 1 is 0.956 bits per heavy atom. The lowest BCUT2D eigenvalue weighted by Crippen LogP contribution is -2.52. The van der Waals surface area contributed by atoms with Crippen molar-refractivity contribution in [1.29, 1.82) is 0 Å². The Morgan fingerprint density at radius 2 is 1.69 bits per heavy atom. The van der Waals surface area contributed by atoms with Crippen molar-refractivity contribution in [3.63, 3.8) is 0 Å². The number of anilines is 4. The zero-order valence-electron chi connectivity index (χ0n) is 26.1. The second kappa shape index (κ2) is 13.9. The number of benzene rings is 1. The van der Waals surface area contributed by atoms with Crippen molar-refractivity contribution in [3.8, 4) is 0 Å². The average molecular weight is 686 g/mol. The number of nitrogens with one attached hydrogen (secondary N) is 3. The van der Waals surface area contributed by atoms with Gasteiger partial charge in [0.25, 0.3) is 0 Å². The third-order valence-electron chi connectivity index (χ3n) is 9.64. The smallest absolute Gasteiger partial charge is 0.371 e. The largest absolute Gasteiger partial charge is 0.421 e. The van der Waals surface area contributed by atoms with E-state index in [9.17, 15) is 13.2 Å². The molecule has 1 saturated carbocycles. The maximum Gasteiger partial charge on any atom is 0.421 e. The molecule has 3 saturated heterocycles. The molecule has 4 fully saturated rings. The lowest BCUT2D eigenvalue weighted by Gasteiger charge is -2.44. The van der Waals surface area contributed by atoms with Crippen LogP contribution in [0.4, 0.5) is 36.3 Å². The highest BCUT2D eigenvalue weighted by atomic mass is 33.5. The molecule has 0 radical (unpaired) electrons. The van der Waals surface area contributed by atoms with Gasteiger partial charge in [0.1, 0.15) is 11.4 Å². The lowest BCUT2D eigenvalue weighted by molar-refractivity contribution is -0.137. The van der Waals surface area contributed by atoms with E-state index in [1.54, 1.807) is 7.05 Å². The number of hydrogen-bond acceptors (Lipinski definition) is 11. The van der Waals surface area contributed by atoms with Crippen LogP contribution in [0.15, 0.2) is 24.4 Å². The molecule has 2 aromatic rings. The highest BCUT2D eigenvalue weighted by Crippen LogP contribution is 2.56. The fraction of sp³-hybridized carbons (Fsp3) is 0.667. The number of rotatable bonds is 9. The maximum absolute atomic E-state index is 14.0. The molecular weight excluding hydrogens is 640 g/mol. The molecule has 15 heteroatoms. The van der Waals surface area contributed by atoms with Crippen LogP contribution in [0.3, 0.4) is 0 Å². The summed E-state index contributed by atoms with van der Waals surface area (Å²) in [6.45, 7) is 7.93. The minimum Gasteiger partial charge on any atom is -0.371 e. The van der Waals surface area contributed by atoms with Crippen LogP contribution in [0.2, 0.25) is 0 Å². The number of nitrogens with zero attached hydrogens (tertiary/aromatic N) is 6. The first kappa shape index (κ1) is 33.3. The molecule has 0 bridgehead atoms. The van der Waals surface area contributed by atoms with Gasteiger partial charge in [-0.05, 0) is 90.8 Å². The standard InChI is InChI=1S/C30H46F3N9S3/c1-34-45(43,44)42-11-3-4-22(20-42)36-28-26(30(31,32)33)19-35-29(38-28)37-27-8-7-24(18-25(27)21-5-6-21)40-12-9-23(10-13-40)41-16-14-39(2)15-17-41/h7-8,18-19,21-23,34,43-44H,3-6,9-17,20H2,1-2H3,(H2,35,36,37,38). The van der Waals surface area contributed by atoms with Gasteiger partial charge in [-0.1, -0.05) is 23.3 Å². The minimum atomic E-state index is -4.58. The Hall–Kier alpha value is -1.62. The van der Waals surface area contributed by atoms with Gasteiger partial charge in [0.05, 0.1) is 0 Å². The van der Waals surface area contributed by atoms with Crippen LogP contribution in [-0.2, 0) is 6.18 Å². The predicted octanol–water partition coefficient (Wildman–Crippen LogP) is 5.75. The Balaban J connectivity index is 1.16. The monoisotopic (exact) mass is 685 g/mol. The summed E-state index contributed by atoms with van der Waals surface area (Å²) in [5.74, 6) is 0.385. The van der Waals surface area contributed by atoms with Crippen molar-refractivity contribution in [2.24, 2.45) is 0 Å². The van der Waals surface area contributed by atoms with Crippen LogP contribution in [0.1, 0.15) is 55.6 Å². The van der Waals surface area contributed by atoms with E-state index >= 15 is 0 Å². The van der Waals surface area contributed by atoms with Crippen molar-refractivity contribution in [1.82, 2.24) is 28.8 Å². The highest BCUT2D eigenvalue weighted by molar-refractivity contribution is 9.16. The van der Waals surface area contributed by atoms with E-state index in [4.69, 9.17) is 0 Å². The number of thiol groups is 2. The molecule has 1 aromatic carbocycles. The normalized spacial score (nSPS) is 23.7. The summed E-state index contributed by atoms with van der Waals surface area (Å²) < 4.78 is 47.3. The number of hydrogen-bond donors (Lipinski definition) is 5. The summed E-state index contributed by atoms with van der Waals surface area (Å²) in [6, 6.07) is 6.85. The molecule has 1 aromatic heterocycles. The first-order valence-corrected chi connectivity index (χ1v) is 19.7. The van der Waals surface area contributed by atoms with Crippen molar-refractivity contribution >= 4 is 54.9 Å². The Bertz CT molecular complexity index is 1310. The van der Waals surface area contributed by atoms with Crippen LogP contribution >= 0.6 is 31.8 Å². The Kier molecular flexibility index (Phi) is 10.2. The predicted molar refractivity (Wildman–Crippen MR) is 186 cm³/mol. The molecule has 1 aliphatic carbocycles. The van der Waals surface area contributed by atoms with E-state index in [2.05, 4.69) is 86.8 Å². The first-order valence-electron chi connectivity index (χ1n) is 16.0. The molecule has 0 amide bonds. The topological polar surface area (TPSA) is 74.8 Å². The van der Waals surface area contributed by atoms with Gasteiger partial charge in [0.15, 0.2) is 0 Å². The zero-order valence-corrected chi connectivity index (χ0v) is 28.7. The van der Waals surface area contributed by atoms with Gasteiger partial charge in [-0.2, -0.15) is 18.2 Å². The Labute approximate surface area is 276 Å². The zero-order chi connectivity index (χ0) is 31.8. The van der Waals surface area contributed by atoms with Crippen LogP contribution in [-0.4, -0.2) is 103 Å². The van der Waals surface area contributed by atoms with E-state index in [-0.39, 0.29) is 17.8 Å². The van der Waals surface area contributed by atoms with Crippen LogP contribution in [0.5, 0.6) is 0 Å². The molecule has 1 unspecified atom stereocenters. The molecule has 45 heavy (non-hydrogen) atoms. The number of halogens is 3. The summed E-state index contributed by atoms with van der Waals surface area (Å²) >= 11 is 9.30. The number of aromatic nitrogens is 2. The molecule has 3 N–H and O–H groups in total. The summed E-state index contributed by atoms with van der Waals surface area (Å²) in [5.41, 5.74) is 2.39. The molecule has 0 spiro atoms. The summed E-state index contributed by atoms with van der Waals surface area (Å²) in [4.78, 5) is 16.0. The van der Waals surface area contributed by atoms with Crippen molar-refractivity contribution < 1.29 is 13.2 Å². The third kappa shape index (κ3) is 8.10. The SMILES string of the molecule is CNS(S)(S)N1CCCC(Nc2nc(Nc3ccc(N4CCC(N5CCN(C)CC5)CC4)cc3C3CC3)ncc2C(F)(F)F)C1. The second-order valence-corrected chi connectivity index (χ2v) is 18.8. The van der Waals surface area contributed by atoms with Crippen LogP contribution in [0, 0.1) is 0 Å². The molecular formula is C30H46F3N9S3. The van der Waals surface area contributed by atoms with Crippen molar-refractivity contribution in [2.45, 2.75) is 62.7 Å². The van der Waals surface area contributed by atoms with Gasteiger partial charge in [0, 0.05) is 82.0 Å². The Morgan fingerprint density at radius 3 is 2.36 bits per heavy atom. The van der Waals surface area contributed by atoms with E-state index in [0.29, 0.717) is 18.5 Å². The van der Waals surface area contributed by atoms with Gasteiger partial charge in [-0.25, -0.2) is 9.29 Å². The van der Waals surface area contributed by atoms with E-state index in [1.165, 1.54) is 11.3 Å². The molecule has 250 valence electrons. The fourth-order valence-corrected chi connectivity index (χ4v) is 8.68. The lowest BCUT2D eigenvalue weighted by atomic mass is 10.0. The van der Waals surface area contributed by atoms with Gasteiger partial charge in [-0.3, -0.25) is 9.62 Å². The van der Waals surface area contributed by atoms with E-state index in [1.807, 2.05) is 6.07 Å². The molecule has 4 aliphatic rings. The van der Waals surface area contributed by atoms with Gasteiger partial charge in [-0.15, -0.1) is 0 Å². The van der Waals surface area contributed by atoms with Gasteiger partial charge < -0.3 is 20.4 Å². The minimum absolute atomic E-state index is 0.152.